The van der Waals surface area contributed by atoms with E-state index in [1.165, 1.54) is 32.4 Å². The monoisotopic (exact) mass is 392 g/mol. The number of piperidine rings is 1. The van der Waals surface area contributed by atoms with E-state index in [1.807, 2.05) is 12.4 Å². The summed E-state index contributed by atoms with van der Waals surface area (Å²) < 4.78 is 12.1. The highest BCUT2D eigenvalue weighted by Gasteiger charge is 2.51. The van der Waals surface area contributed by atoms with Crippen LogP contribution in [0, 0.1) is 5.92 Å². The molecule has 6 nitrogen and oxygen atoms in total. The van der Waals surface area contributed by atoms with Crippen LogP contribution < -0.4 is 11.2 Å². The summed E-state index contributed by atoms with van der Waals surface area (Å²) in [5.74, 6) is 1.82. The van der Waals surface area contributed by atoms with Gasteiger partial charge in [0.15, 0.2) is 5.16 Å². The van der Waals surface area contributed by atoms with Crippen molar-refractivity contribution in [2.75, 3.05) is 31.9 Å². The van der Waals surface area contributed by atoms with Gasteiger partial charge in [0.2, 0.25) is 0 Å². The molecule has 0 aliphatic carbocycles. The Morgan fingerprint density at radius 2 is 1.89 bits per heavy atom. The summed E-state index contributed by atoms with van der Waals surface area (Å²) in [5, 5.41) is 0.824. The van der Waals surface area contributed by atoms with Gasteiger partial charge in [-0.1, -0.05) is 11.8 Å². The van der Waals surface area contributed by atoms with Crippen LogP contribution in [0.5, 0.6) is 0 Å². The molecule has 2 aliphatic heterocycles. The summed E-state index contributed by atoms with van der Waals surface area (Å²) >= 11 is 1.73. The maximum atomic E-state index is 6.06. The Balaban J connectivity index is 1.46. The van der Waals surface area contributed by atoms with Crippen molar-refractivity contribution >= 4 is 24.3 Å². The van der Waals surface area contributed by atoms with Gasteiger partial charge in [-0.15, -0.1) is 0 Å². The third kappa shape index (κ3) is 5.23. The van der Waals surface area contributed by atoms with Crippen LogP contribution in [0.4, 0.5) is 0 Å². The van der Waals surface area contributed by atoms with E-state index in [0.29, 0.717) is 0 Å². The second-order valence-electron chi connectivity index (χ2n) is 8.62. The number of rotatable bonds is 7. The molecule has 1 aromatic rings. The fourth-order valence-electron chi connectivity index (χ4n) is 3.59. The van der Waals surface area contributed by atoms with Gasteiger partial charge in [-0.25, -0.2) is 9.97 Å². The van der Waals surface area contributed by atoms with E-state index in [4.69, 9.17) is 15.0 Å². The lowest BCUT2D eigenvalue weighted by atomic mass is 9.81. The minimum atomic E-state index is -0.398. The minimum Gasteiger partial charge on any atom is -0.399 e. The van der Waals surface area contributed by atoms with Gasteiger partial charge in [-0.3, -0.25) is 0 Å². The number of hydrogen-bond acceptors (Lipinski definition) is 7. The summed E-state index contributed by atoms with van der Waals surface area (Å²) in [6.07, 6.45) is 7.48. The van der Waals surface area contributed by atoms with Crippen LogP contribution in [0.25, 0.3) is 0 Å². The molecule has 2 fully saturated rings. The van der Waals surface area contributed by atoms with Crippen molar-refractivity contribution in [1.82, 2.24) is 14.9 Å². The molecule has 0 bridgehead atoms. The molecule has 27 heavy (non-hydrogen) atoms. The predicted molar refractivity (Wildman–Crippen MR) is 111 cm³/mol. The van der Waals surface area contributed by atoms with Crippen molar-refractivity contribution in [3.63, 3.8) is 0 Å². The van der Waals surface area contributed by atoms with Crippen molar-refractivity contribution in [2.45, 2.75) is 63.3 Å². The van der Waals surface area contributed by atoms with E-state index in [2.05, 4.69) is 42.6 Å². The predicted octanol–water partition coefficient (Wildman–Crippen LogP) is 1.93. The molecule has 0 radical (unpaired) electrons. The first-order chi connectivity index (χ1) is 12.8. The Kier molecular flexibility index (Phi) is 6.85. The van der Waals surface area contributed by atoms with E-state index in [1.54, 1.807) is 11.8 Å². The van der Waals surface area contributed by atoms with Gasteiger partial charge in [0.1, 0.15) is 0 Å². The quantitative estimate of drug-likeness (QED) is 0.432. The van der Waals surface area contributed by atoms with E-state index in [9.17, 15) is 0 Å². The van der Waals surface area contributed by atoms with Crippen molar-refractivity contribution in [3.05, 3.63) is 12.4 Å². The second-order valence-corrected chi connectivity index (χ2v) is 9.68. The lowest BCUT2D eigenvalue weighted by Gasteiger charge is -2.32. The molecule has 3 heterocycles. The molecule has 0 unspecified atom stereocenters. The number of nitrogens with two attached hydrogens (primary N) is 1. The molecule has 150 valence electrons. The lowest BCUT2D eigenvalue weighted by Crippen LogP contribution is -2.41. The molecule has 0 spiro atoms. The van der Waals surface area contributed by atoms with Gasteiger partial charge in [-0.05, 0) is 59.4 Å². The number of hydrogen-bond donors (Lipinski definition) is 1. The Morgan fingerprint density at radius 1 is 1.22 bits per heavy atom. The van der Waals surface area contributed by atoms with Crippen molar-refractivity contribution in [1.29, 1.82) is 0 Å². The van der Waals surface area contributed by atoms with Crippen molar-refractivity contribution < 1.29 is 9.31 Å². The molecule has 8 heteroatoms. The van der Waals surface area contributed by atoms with Crippen LogP contribution >= 0.6 is 11.8 Å². The van der Waals surface area contributed by atoms with Crippen LogP contribution in [-0.2, 0) is 9.31 Å². The number of thioether (sulfide) groups is 1. The van der Waals surface area contributed by atoms with Gasteiger partial charge in [-0.2, -0.15) is 0 Å². The normalized spacial score (nSPS) is 25.1. The Morgan fingerprint density at radius 3 is 2.52 bits per heavy atom. The number of likely N-dealkylation sites (tertiary alicyclic amines) is 1. The fourth-order valence-corrected chi connectivity index (χ4v) is 4.48. The van der Waals surface area contributed by atoms with E-state index in [-0.39, 0.29) is 11.2 Å². The molecule has 0 saturated carbocycles. The van der Waals surface area contributed by atoms with Gasteiger partial charge in [0.25, 0.3) is 0 Å². The molecule has 1 aromatic heterocycles. The Hall–Kier alpha value is -0.665. The maximum Gasteiger partial charge on any atom is 0.498 e. The second kappa shape index (κ2) is 8.78. The molecule has 0 amide bonds. The van der Waals surface area contributed by atoms with Gasteiger partial charge in [0.05, 0.1) is 11.2 Å². The van der Waals surface area contributed by atoms with Crippen LogP contribution in [0.15, 0.2) is 17.6 Å². The minimum absolute atomic E-state index is 0.344. The Labute approximate surface area is 168 Å². The van der Waals surface area contributed by atoms with E-state index >= 15 is 0 Å². The first-order valence-corrected chi connectivity index (χ1v) is 11.0. The molecule has 0 aromatic carbocycles. The number of aromatic nitrogens is 2. The molecular formula is C19H33BN4O2S. The zero-order valence-corrected chi connectivity index (χ0v) is 17.9. The van der Waals surface area contributed by atoms with Crippen molar-refractivity contribution in [2.24, 2.45) is 11.7 Å². The zero-order chi connectivity index (χ0) is 19.5. The number of nitrogens with zero attached hydrogens (tertiary/aromatic N) is 3. The Bertz CT molecular complexity index is 596. The first-order valence-electron chi connectivity index (χ1n) is 10.0. The summed E-state index contributed by atoms with van der Waals surface area (Å²) in [5.41, 5.74) is 5.88. The summed E-state index contributed by atoms with van der Waals surface area (Å²) in [6, 6.07) is 0. The average Bonchev–Trinajstić information content (AvgIpc) is 2.84. The SMILES string of the molecule is CC1(C)OB(c2cnc(SCC[C@H]3CCCN(CCN)C3)nc2)OC1(C)C. The van der Waals surface area contributed by atoms with Crippen LogP contribution in [0.2, 0.25) is 0 Å². The van der Waals surface area contributed by atoms with Crippen LogP contribution in [-0.4, -0.2) is 65.1 Å². The van der Waals surface area contributed by atoms with E-state index < -0.39 is 7.12 Å². The smallest absolute Gasteiger partial charge is 0.399 e. The summed E-state index contributed by atoms with van der Waals surface area (Å²) in [7, 11) is -0.398. The third-order valence-corrected chi connectivity index (χ3v) is 6.89. The maximum absolute atomic E-state index is 6.06. The summed E-state index contributed by atoms with van der Waals surface area (Å²) in [6.45, 7) is 12.4. The van der Waals surface area contributed by atoms with Crippen LogP contribution in [0.3, 0.4) is 0 Å². The van der Waals surface area contributed by atoms with Crippen LogP contribution in [0.1, 0.15) is 47.0 Å². The highest BCUT2D eigenvalue weighted by molar-refractivity contribution is 7.99. The standard InChI is InChI=1S/C19H33BN4O2S/c1-18(2)19(3,4)26-20(25-18)16-12-22-17(23-13-16)27-11-7-15-6-5-9-24(14-15)10-8-21/h12-13,15H,5-11,14,21H2,1-4H3/t15-/m1/s1. The van der Waals surface area contributed by atoms with Gasteiger partial charge >= 0.3 is 7.12 Å². The van der Waals surface area contributed by atoms with Gasteiger partial charge in [0, 0.05) is 43.2 Å². The topological polar surface area (TPSA) is 73.5 Å². The third-order valence-electron chi connectivity index (χ3n) is 5.98. The fraction of sp³-hybridized carbons (Fsp3) is 0.789. The first kappa shape index (κ1) is 21.1. The lowest BCUT2D eigenvalue weighted by molar-refractivity contribution is 0.00578. The van der Waals surface area contributed by atoms with Crippen molar-refractivity contribution in [3.8, 4) is 0 Å². The average molecular weight is 392 g/mol. The largest absolute Gasteiger partial charge is 0.498 e. The molecular weight excluding hydrogens is 359 g/mol. The van der Waals surface area contributed by atoms with Gasteiger partial charge < -0.3 is 19.9 Å². The molecule has 1 atom stereocenters. The molecule has 2 aliphatic rings. The molecule has 3 rings (SSSR count). The highest BCUT2D eigenvalue weighted by atomic mass is 32.2. The summed E-state index contributed by atoms with van der Waals surface area (Å²) in [4.78, 5) is 11.5. The molecule has 2 N–H and O–H groups in total. The van der Waals surface area contributed by atoms with E-state index in [0.717, 1.165) is 35.4 Å². The zero-order valence-electron chi connectivity index (χ0n) is 17.1. The highest BCUT2D eigenvalue weighted by Crippen LogP contribution is 2.36. The molecule has 2 saturated heterocycles.